The number of nitrogens with zero attached hydrogens (tertiary/aromatic N) is 1. The van der Waals surface area contributed by atoms with Crippen molar-refractivity contribution in [1.82, 2.24) is 4.90 Å². The first-order valence-electron chi connectivity index (χ1n) is 5.71. The minimum Gasteiger partial charge on any atom is -0.504 e. The Labute approximate surface area is 101 Å². The number of ketones is 1. The van der Waals surface area contributed by atoms with E-state index in [1.807, 2.05) is 24.1 Å². The van der Waals surface area contributed by atoms with Gasteiger partial charge < -0.3 is 9.84 Å². The molecule has 0 aliphatic carbocycles. The van der Waals surface area contributed by atoms with Crippen molar-refractivity contribution in [2.24, 2.45) is 0 Å². The first-order valence-corrected chi connectivity index (χ1v) is 5.71. The number of methoxy groups -OCH3 is 1. The van der Waals surface area contributed by atoms with Crippen LogP contribution in [0.1, 0.15) is 12.0 Å². The van der Waals surface area contributed by atoms with Crippen LogP contribution in [0.25, 0.3) is 0 Å². The van der Waals surface area contributed by atoms with Gasteiger partial charge in [-0.3, -0.25) is 9.69 Å². The molecule has 1 aliphatic heterocycles. The first-order chi connectivity index (χ1) is 8.13. The van der Waals surface area contributed by atoms with Gasteiger partial charge in [-0.25, -0.2) is 0 Å². The molecule has 1 aromatic carbocycles. The number of likely N-dealkylation sites (N-methyl/N-ethyl adjacent to an activating group) is 1. The van der Waals surface area contributed by atoms with E-state index in [4.69, 9.17) is 4.74 Å². The second-order valence-corrected chi connectivity index (χ2v) is 4.38. The minimum absolute atomic E-state index is 0.118. The number of hydrogen-bond donors (Lipinski definition) is 1. The molecular formula is C13H17NO3. The van der Waals surface area contributed by atoms with Gasteiger partial charge in [0.1, 0.15) is 0 Å². The van der Waals surface area contributed by atoms with Gasteiger partial charge in [0.05, 0.1) is 13.2 Å². The number of Topliss-reactive ketones (excluding diaryl/α,β-unsaturated/α-hetero) is 1. The van der Waals surface area contributed by atoms with Gasteiger partial charge in [0, 0.05) is 13.0 Å². The molecular weight excluding hydrogens is 218 g/mol. The number of aromatic hydroxyl groups is 1. The van der Waals surface area contributed by atoms with E-state index in [0.717, 1.165) is 12.1 Å². The maximum absolute atomic E-state index is 11.7. The van der Waals surface area contributed by atoms with E-state index in [0.29, 0.717) is 18.6 Å². The number of benzene rings is 1. The summed E-state index contributed by atoms with van der Waals surface area (Å²) in [7, 11) is 3.46. The van der Waals surface area contributed by atoms with Gasteiger partial charge in [0.2, 0.25) is 0 Å². The van der Waals surface area contributed by atoms with Crippen LogP contribution in [0.3, 0.4) is 0 Å². The molecule has 92 valence electrons. The van der Waals surface area contributed by atoms with Crippen molar-refractivity contribution in [2.45, 2.75) is 18.9 Å². The van der Waals surface area contributed by atoms with E-state index in [9.17, 15) is 9.90 Å². The molecule has 0 radical (unpaired) electrons. The Hall–Kier alpha value is -1.55. The van der Waals surface area contributed by atoms with Gasteiger partial charge in [0.25, 0.3) is 0 Å². The number of phenolic OH excluding ortho intramolecular Hbond substituents is 1. The average molecular weight is 235 g/mol. The summed E-state index contributed by atoms with van der Waals surface area (Å²) >= 11 is 0. The van der Waals surface area contributed by atoms with Gasteiger partial charge in [-0.15, -0.1) is 0 Å². The Balaban J connectivity index is 2.21. The van der Waals surface area contributed by atoms with Crippen LogP contribution in [0.5, 0.6) is 11.5 Å². The minimum atomic E-state index is -0.118. The molecule has 1 fully saturated rings. The molecule has 2 rings (SSSR count). The molecule has 1 aliphatic rings. The summed E-state index contributed by atoms with van der Waals surface area (Å²) in [5, 5.41) is 9.97. The largest absolute Gasteiger partial charge is 0.504 e. The molecule has 0 aromatic heterocycles. The van der Waals surface area contributed by atoms with Crippen LogP contribution in [-0.2, 0) is 11.2 Å². The highest BCUT2D eigenvalue weighted by Gasteiger charge is 2.30. The fourth-order valence-electron chi connectivity index (χ4n) is 2.23. The standard InChI is InChI=1S/C13H17NO3/c1-14-7-6-11(15)10(14)8-9-4-3-5-12(17-2)13(9)16/h3-5,10,16H,6-8H2,1-2H3. The van der Waals surface area contributed by atoms with Crippen molar-refractivity contribution < 1.29 is 14.6 Å². The zero-order chi connectivity index (χ0) is 12.4. The zero-order valence-corrected chi connectivity index (χ0v) is 10.1. The topological polar surface area (TPSA) is 49.8 Å². The maximum atomic E-state index is 11.7. The molecule has 0 bridgehead atoms. The van der Waals surface area contributed by atoms with E-state index >= 15 is 0 Å². The lowest BCUT2D eigenvalue weighted by molar-refractivity contribution is -0.119. The van der Waals surface area contributed by atoms with Crippen LogP contribution >= 0.6 is 0 Å². The number of phenols is 1. The predicted octanol–water partition coefficient (Wildman–Crippen LogP) is 1.22. The number of likely N-dealkylation sites (tertiary alicyclic amines) is 1. The van der Waals surface area contributed by atoms with Crippen molar-refractivity contribution in [3.8, 4) is 11.5 Å². The molecule has 17 heavy (non-hydrogen) atoms. The van der Waals surface area contributed by atoms with Crippen LogP contribution in [0.2, 0.25) is 0 Å². The zero-order valence-electron chi connectivity index (χ0n) is 10.1. The second kappa shape index (κ2) is 4.75. The third-order valence-corrected chi connectivity index (χ3v) is 3.33. The summed E-state index contributed by atoms with van der Waals surface area (Å²) in [4.78, 5) is 13.7. The predicted molar refractivity (Wildman–Crippen MR) is 64.4 cm³/mol. The molecule has 0 saturated carbocycles. The highest BCUT2D eigenvalue weighted by atomic mass is 16.5. The fourth-order valence-corrected chi connectivity index (χ4v) is 2.23. The normalized spacial score (nSPS) is 20.8. The van der Waals surface area contributed by atoms with Crippen LogP contribution in [0.4, 0.5) is 0 Å². The Bertz CT molecular complexity index is 431. The summed E-state index contributed by atoms with van der Waals surface area (Å²) in [6.07, 6.45) is 1.14. The summed E-state index contributed by atoms with van der Waals surface area (Å²) in [6, 6.07) is 5.25. The Morgan fingerprint density at radius 1 is 1.53 bits per heavy atom. The lowest BCUT2D eigenvalue weighted by Gasteiger charge is -2.18. The highest BCUT2D eigenvalue weighted by molar-refractivity contribution is 5.86. The average Bonchev–Trinajstić information content (AvgIpc) is 2.63. The van der Waals surface area contributed by atoms with E-state index in [1.165, 1.54) is 7.11 Å². The molecule has 0 amide bonds. The van der Waals surface area contributed by atoms with Gasteiger partial charge in [-0.05, 0) is 25.1 Å². The number of para-hydroxylation sites is 1. The monoisotopic (exact) mass is 235 g/mol. The first kappa shape index (κ1) is 11.9. The molecule has 1 saturated heterocycles. The van der Waals surface area contributed by atoms with Crippen molar-refractivity contribution in [3.05, 3.63) is 23.8 Å². The smallest absolute Gasteiger partial charge is 0.160 e. The maximum Gasteiger partial charge on any atom is 0.160 e. The third kappa shape index (κ3) is 2.26. The molecule has 4 nitrogen and oxygen atoms in total. The quantitative estimate of drug-likeness (QED) is 0.855. The molecule has 1 N–H and O–H groups in total. The van der Waals surface area contributed by atoms with E-state index in [-0.39, 0.29) is 17.6 Å². The van der Waals surface area contributed by atoms with Crippen LogP contribution in [-0.4, -0.2) is 42.5 Å². The van der Waals surface area contributed by atoms with Gasteiger partial charge >= 0.3 is 0 Å². The number of hydrogen-bond acceptors (Lipinski definition) is 4. The number of carbonyl (C=O) groups excluding carboxylic acids is 1. The molecule has 0 spiro atoms. The fraction of sp³-hybridized carbons (Fsp3) is 0.462. The Morgan fingerprint density at radius 3 is 2.88 bits per heavy atom. The number of rotatable bonds is 3. The van der Waals surface area contributed by atoms with Crippen molar-refractivity contribution in [2.75, 3.05) is 20.7 Å². The molecule has 1 aromatic rings. The number of ether oxygens (including phenoxy) is 1. The molecule has 4 heteroatoms. The van der Waals surface area contributed by atoms with Gasteiger partial charge in [-0.2, -0.15) is 0 Å². The third-order valence-electron chi connectivity index (χ3n) is 3.33. The summed E-state index contributed by atoms with van der Waals surface area (Å²) in [6.45, 7) is 0.800. The molecule has 1 unspecified atom stereocenters. The summed E-state index contributed by atoms with van der Waals surface area (Å²) in [5.74, 6) is 0.841. The summed E-state index contributed by atoms with van der Waals surface area (Å²) in [5.41, 5.74) is 0.761. The summed E-state index contributed by atoms with van der Waals surface area (Å²) < 4.78 is 5.06. The van der Waals surface area contributed by atoms with E-state index in [1.54, 1.807) is 6.07 Å². The Morgan fingerprint density at radius 2 is 2.29 bits per heavy atom. The van der Waals surface area contributed by atoms with Crippen LogP contribution < -0.4 is 4.74 Å². The van der Waals surface area contributed by atoms with Crippen LogP contribution in [0.15, 0.2) is 18.2 Å². The highest BCUT2D eigenvalue weighted by Crippen LogP contribution is 2.31. The molecule has 1 atom stereocenters. The second-order valence-electron chi connectivity index (χ2n) is 4.38. The van der Waals surface area contributed by atoms with Crippen LogP contribution in [0, 0.1) is 0 Å². The van der Waals surface area contributed by atoms with E-state index in [2.05, 4.69) is 0 Å². The van der Waals surface area contributed by atoms with E-state index < -0.39 is 0 Å². The van der Waals surface area contributed by atoms with Crippen molar-refractivity contribution in [1.29, 1.82) is 0 Å². The lowest BCUT2D eigenvalue weighted by atomic mass is 10.0. The van der Waals surface area contributed by atoms with Crippen molar-refractivity contribution >= 4 is 5.78 Å². The SMILES string of the molecule is COc1cccc(CC2C(=O)CCN2C)c1O. The molecule has 1 heterocycles. The number of carbonyl (C=O) groups is 1. The lowest BCUT2D eigenvalue weighted by Crippen LogP contribution is -2.31. The van der Waals surface area contributed by atoms with Gasteiger partial charge in [0.15, 0.2) is 17.3 Å². The van der Waals surface area contributed by atoms with Gasteiger partial charge in [-0.1, -0.05) is 12.1 Å². The Kier molecular flexibility index (Phi) is 3.33. The van der Waals surface area contributed by atoms with Crippen molar-refractivity contribution in [3.63, 3.8) is 0 Å².